The molecule has 0 fully saturated rings. The summed E-state index contributed by atoms with van der Waals surface area (Å²) >= 11 is 5.51. The summed E-state index contributed by atoms with van der Waals surface area (Å²) in [6.07, 6.45) is 0. The number of hydrogen-bond acceptors (Lipinski definition) is 3. The Morgan fingerprint density at radius 3 is 2.36 bits per heavy atom. The first-order valence-corrected chi connectivity index (χ1v) is 8.97. The topological polar surface area (TPSA) is 42.5 Å². The monoisotopic (exact) mass is 356 g/mol. The van der Waals surface area contributed by atoms with Gasteiger partial charge in [-0.2, -0.15) is 0 Å². The van der Waals surface area contributed by atoms with Crippen molar-refractivity contribution in [1.82, 2.24) is 5.32 Å². The molecule has 4 nitrogen and oxygen atoms in total. The van der Waals surface area contributed by atoms with E-state index in [-0.39, 0.29) is 6.04 Å². The quantitative estimate of drug-likeness (QED) is 0.792. The van der Waals surface area contributed by atoms with Gasteiger partial charge in [0.25, 0.3) is 0 Å². The van der Waals surface area contributed by atoms with Crippen LogP contribution in [0.4, 0.5) is 5.69 Å². The lowest BCUT2D eigenvalue weighted by molar-refractivity contribution is 0.171. The van der Waals surface area contributed by atoms with Gasteiger partial charge >= 0.3 is 0 Å². The maximum absolute atomic E-state index is 5.70. The molecule has 0 bridgehead atoms. The number of thiocarbonyl (C=S) groups is 1. The molecule has 1 aliphatic heterocycles. The predicted molar refractivity (Wildman–Crippen MR) is 106 cm³/mol. The molecule has 0 amide bonds. The largest absolute Gasteiger partial charge is 0.486 e. The van der Waals surface area contributed by atoms with E-state index >= 15 is 0 Å². The second-order valence-electron chi connectivity index (χ2n) is 6.59. The van der Waals surface area contributed by atoms with Crippen LogP contribution >= 0.6 is 12.2 Å². The van der Waals surface area contributed by atoms with Crippen molar-refractivity contribution >= 4 is 23.0 Å². The number of ether oxygens (including phenoxy) is 2. The average molecular weight is 356 g/mol. The molecule has 2 N–H and O–H groups in total. The van der Waals surface area contributed by atoms with Gasteiger partial charge in [0.15, 0.2) is 16.6 Å². The molecule has 2 aromatic rings. The van der Waals surface area contributed by atoms with Gasteiger partial charge in [0.1, 0.15) is 13.2 Å². The first kappa shape index (κ1) is 17.5. The highest BCUT2D eigenvalue weighted by atomic mass is 32.1. The minimum atomic E-state index is 0.0845. The summed E-state index contributed by atoms with van der Waals surface area (Å²) in [5.74, 6) is 1.96. The molecule has 0 aliphatic carbocycles. The van der Waals surface area contributed by atoms with Gasteiger partial charge in [-0.15, -0.1) is 0 Å². The molecular formula is C20H24N2O2S. The zero-order valence-electron chi connectivity index (χ0n) is 14.8. The molecule has 3 rings (SSSR count). The van der Waals surface area contributed by atoms with Crippen LogP contribution < -0.4 is 20.1 Å². The Kier molecular flexibility index (Phi) is 5.43. The van der Waals surface area contributed by atoms with Crippen LogP contribution in [-0.2, 0) is 0 Å². The summed E-state index contributed by atoms with van der Waals surface area (Å²) in [7, 11) is 0. The fraction of sp³-hybridized carbons (Fsp3) is 0.350. The Labute approximate surface area is 154 Å². The van der Waals surface area contributed by atoms with Crippen LogP contribution in [0, 0.1) is 12.8 Å². The molecule has 1 aliphatic rings. The number of benzene rings is 2. The summed E-state index contributed by atoms with van der Waals surface area (Å²) in [6.45, 7) is 7.59. The number of anilines is 1. The number of fused-ring (bicyclic) bond motifs is 1. The van der Waals surface area contributed by atoms with E-state index in [4.69, 9.17) is 21.7 Å². The molecule has 0 spiro atoms. The Morgan fingerprint density at radius 1 is 1.00 bits per heavy atom. The molecule has 25 heavy (non-hydrogen) atoms. The van der Waals surface area contributed by atoms with Crippen molar-refractivity contribution in [3.63, 3.8) is 0 Å². The SMILES string of the molecule is Cc1ccc(NC(=S)N[C@H](c2ccc3c(c2)OCCO3)C(C)C)cc1. The second kappa shape index (κ2) is 7.74. The Balaban J connectivity index is 1.72. The zero-order chi connectivity index (χ0) is 17.8. The summed E-state index contributed by atoms with van der Waals surface area (Å²) in [5.41, 5.74) is 3.33. The lowest BCUT2D eigenvalue weighted by atomic mass is 9.95. The molecule has 132 valence electrons. The third-order valence-electron chi connectivity index (χ3n) is 4.19. The van der Waals surface area contributed by atoms with E-state index < -0.39 is 0 Å². The summed E-state index contributed by atoms with van der Waals surface area (Å²) < 4.78 is 11.3. The van der Waals surface area contributed by atoms with Crippen molar-refractivity contribution in [2.45, 2.75) is 26.8 Å². The van der Waals surface area contributed by atoms with Crippen molar-refractivity contribution < 1.29 is 9.47 Å². The lowest BCUT2D eigenvalue weighted by Crippen LogP contribution is -2.35. The van der Waals surface area contributed by atoms with Gasteiger partial charge < -0.3 is 20.1 Å². The van der Waals surface area contributed by atoms with E-state index in [0.717, 1.165) is 22.7 Å². The van der Waals surface area contributed by atoms with Crippen molar-refractivity contribution in [2.24, 2.45) is 5.92 Å². The minimum Gasteiger partial charge on any atom is -0.486 e. The molecule has 0 unspecified atom stereocenters. The van der Waals surface area contributed by atoms with E-state index in [1.807, 2.05) is 24.3 Å². The van der Waals surface area contributed by atoms with Crippen molar-refractivity contribution in [1.29, 1.82) is 0 Å². The molecule has 2 aromatic carbocycles. The average Bonchev–Trinajstić information content (AvgIpc) is 2.61. The lowest BCUT2D eigenvalue weighted by Gasteiger charge is -2.26. The number of hydrogen-bond donors (Lipinski definition) is 2. The molecular weight excluding hydrogens is 332 g/mol. The number of rotatable bonds is 4. The zero-order valence-corrected chi connectivity index (χ0v) is 15.7. The number of nitrogens with one attached hydrogen (secondary N) is 2. The summed E-state index contributed by atoms with van der Waals surface area (Å²) in [6, 6.07) is 14.3. The fourth-order valence-corrected chi connectivity index (χ4v) is 3.08. The van der Waals surface area contributed by atoms with Gasteiger partial charge in [-0.05, 0) is 54.9 Å². The molecule has 1 heterocycles. The van der Waals surface area contributed by atoms with Crippen LogP contribution in [0.25, 0.3) is 0 Å². The highest BCUT2D eigenvalue weighted by Gasteiger charge is 2.20. The highest BCUT2D eigenvalue weighted by molar-refractivity contribution is 7.80. The van der Waals surface area contributed by atoms with E-state index in [1.54, 1.807) is 0 Å². The standard InChI is InChI=1S/C20H24N2O2S/c1-13(2)19(15-6-9-17-18(12-15)24-11-10-23-17)22-20(25)21-16-7-4-14(3)5-8-16/h4-9,12-13,19H,10-11H2,1-3H3,(H2,21,22,25)/t19-/m0/s1. The highest BCUT2D eigenvalue weighted by Crippen LogP contribution is 2.34. The van der Waals surface area contributed by atoms with Crippen LogP contribution in [0.1, 0.15) is 31.0 Å². The summed E-state index contributed by atoms with van der Waals surface area (Å²) in [5, 5.41) is 7.29. The van der Waals surface area contributed by atoms with Crippen molar-refractivity contribution in [3.8, 4) is 11.5 Å². The van der Waals surface area contributed by atoms with Crippen LogP contribution in [0.5, 0.6) is 11.5 Å². The van der Waals surface area contributed by atoms with Gasteiger partial charge in [0.2, 0.25) is 0 Å². The van der Waals surface area contributed by atoms with Gasteiger partial charge in [0.05, 0.1) is 6.04 Å². The van der Waals surface area contributed by atoms with Crippen molar-refractivity contribution in [2.75, 3.05) is 18.5 Å². The van der Waals surface area contributed by atoms with Crippen LogP contribution in [0.3, 0.4) is 0 Å². The molecule has 0 aromatic heterocycles. The fourth-order valence-electron chi connectivity index (χ4n) is 2.83. The van der Waals surface area contributed by atoms with Gasteiger partial charge in [-0.3, -0.25) is 0 Å². The van der Waals surface area contributed by atoms with E-state index in [0.29, 0.717) is 24.2 Å². The molecule has 0 radical (unpaired) electrons. The van der Waals surface area contributed by atoms with Crippen LogP contribution in [-0.4, -0.2) is 18.3 Å². The van der Waals surface area contributed by atoms with Gasteiger partial charge in [-0.25, -0.2) is 0 Å². The Hall–Kier alpha value is -2.27. The van der Waals surface area contributed by atoms with E-state index in [2.05, 4.69) is 49.6 Å². The third kappa shape index (κ3) is 4.42. The van der Waals surface area contributed by atoms with E-state index in [1.165, 1.54) is 5.56 Å². The summed E-state index contributed by atoms with van der Waals surface area (Å²) in [4.78, 5) is 0. The third-order valence-corrected chi connectivity index (χ3v) is 4.41. The second-order valence-corrected chi connectivity index (χ2v) is 7.00. The van der Waals surface area contributed by atoms with Gasteiger partial charge in [0, 0.05) is 5.69 Å². The van der Waals surface area contributed by atoms with Crippen LogP contribution in [0.15, 0.2) is 42.5 Å². The Morgan fingerprint density at radius 2 is 1.68 bits per heavy atom. The number of aryl methyl sites for hydroxylation is 1. The predicted octanol–water partition coefficient (Wildman–Crippen LogP) is 4.45. The van der Waals surface area contributed by atoms with Crippen molar-refractivity contribution in [3.05, 3.63) is 53.6 Å². The Bertz CT molecular complexity index is 744. The minimum absolute atomic E-state index is 0.0845. The molecule has 5 heteroatoms. The van der Waals surface area contributed by atoms with E-state index in [9.17, 15) is 0 Å². The van der Waals surface area contributed by atoms with Gasteiger partial charge in [-0.1, -0.05) is 37.6 Å². The maximum Gasteiger partial charge on any atom is 0.171 e. The molecule has 0 saturated heterocycles. The first-order valence-electron chi connectivity index (χ1n) is 8.56. The normalized spacial score (nSPS) is 14.1. The first-order chi connectivity index (χ1) is 12.0. The smallest absolute Gasteiger partial charge is 0.171 e. The molecule has 1 atom stereocenters. The molecule has 0 saturated carbocycles. The van der Waals surface area contributed by atoms with Crippen LogP contribution in [0.2, 0.25) is 0 Å². The maximum atomic E-state index is 5.70.